The van der Waals surface area contributed by atoms with Gasteiger partial charge < -0.3 is 15.7 Å². The zero-order valence-corrected chi connectivity index (χ0v) is 14.4. The quantitative estimate of drug-likeness (QED) is 0.565. The van der Waals surface area contributed by atoms with Crippen molar-refractivity contribution < 1.29 is 18.7 Å². The van der Waals surface area contributed by atoms with Crippen molar-refractivity contribution in [1.82, 2.24) is 19.7 Å². The van der Waals surface area contributed by atoms with E-state index in [-0.39, 0.29) is 35.4 Å². The number of carboxylic acids is 1. The molecule has 0 bridgehead atoms. The highest BCUT2D eigenvalue weighted by molar-refractivity contribution is 6.32. The molecular weight excluding hydrogens is 382 g/mol. The van der Waals surface area contributed by atoms with Gasteiger partial charge in [-0.1, -0.05) is 17.7 Å². The second-order valence-corrected chi connectivity index (χ2v) is 5.80. The highest BCUT2D eigenvalue weighted by atomic mass is 35.5. The number of halogens is 3. The van der Waals surface area contributed by atoms with E-state index in [2.05, 4.69) is 25.7 Å². The molecule has 0 saturated carbocycles. The molecule has 2 heterocycles. The predicted molar refractivity (Wildman–Crippen MR) is 93.9 cm³/mol. The van der Waals surface area contributed by atoms with Crippen LogP contribution in [-0.2, 0) is 17.9 Å². The largest absolute Gasteiger partial charge is 0.480 e. The molecule has 0 amide bonds. The Morgan fingerprint density at radius 3 is 2.70 bits per heavy atom. The first-order chi connectivity index (χ1) is 12.9. The van der Waals surface area contributed by atoms with Crippen molar-refractivity contribution in [1.29, 1.82) is 0 Å². The number of carboxylic acid groups (broad SMARTS) is 1. The number of carbonyl (C=O) groups is 1. The molecule has 0 aliphatic rings. The van der Waals surface area contributed by atoms with Crippen molar-refractivity contribution in [2.24, 2.45) is 0 Å². The van der Waals surface area contributed by atoms with Crippen LogP contribution in [0.1, 0.15) is 5.56 Å². The van der Waals surface area contributed by atoms with Crippen LogP contribution in [-0.4, -0.2) is 30.8 Å². The maximum Gasteiger partial charge on any atom is 0.325 e. The fourth-order valence-corrected chi connectivity index (χ4v) is 2.36. The summed E-state index contributed by atoms with van der Waals surface area (Å²) in [5, 5.41) is 18.4. The van der Waals surface area contributed by atoms with E-state index in [1.807, 2.05) is 0 Å². The second-order valence-electron chi connectivity index (χ2n) is 5.39. The summed E-state index contributed by atoms with van der Waals surface area (Å²) in [6.07, 6.45) is 4.19. The molecule has 0 radical (unpaired) electrons. The topological polar surface area (TPSA) is 105 Å². The number of hydrogen-bond donors (Lipinski definition) is 3. The fourth-order valence-electron chi connectivity index (χ4n) is 2.21. The van der Waals surface area contributed by atoms with E-state index in [9.17, 15) is 13.6 Å². The zero-order chi connectivity index (χ0) is 19.4. The fraction of sp³-hybridized carbons (Fsp3) is 0.125. The van der Waals surface area contributed by atoms with Gasteiger partial charge >= 0.3 is 5.97 Å². The highest BCUT2D eigenvalue weighted by Crippen LogP contribution is 2.23. The molecule has 0 aliphatic carbocycles. The maximum atomic E-state index is 13.7. The third kappa shape index (κ3) is 4.67. The van der Waals surface area contributed by atoms with Crippen LogP contribution < -0.4 is 10.6 Å². The number of hydrogen-bond acceptors (Lipinski definition) is 6. The van der Waals surface area contributed by atoms with Crippen LogP contribution in [0.5, 0.6) is 0 Å². The van der Waals surface area contributed by atoms with Crippen LogP contribution in [0.4, 0.5) is 26.2 Å². The Hall–Kier alpha value is -3.27. The normalized spacial score (nSPS) is 10.6. The van der Waals surface area contributed by atoms with Gasteiger partial charge in [0.25, 0.3) is 0 Å². The second kappa shape index (κ2) is 7.96. The SMILES string of the molecule is O=C(O)Cn1cc(Nc2ncc(Cl)c(NCc3c(F)cccc3F)n2)cn1. The standard InChI is InChI=1S/C16H13ClF2N6O2/c17-11-6-21-16(23-9-4-22-25(7-9)8-14(26)27)24-15(11)20-5-10-12(18)2-1-3-13(10)19/h1-4,6-7H,5,8H2,(H,26,27)(H2,20,21,23,24). The van der Waals surface area contributed by atoms with Gasteiger partial charge in [0.05, 0.1) is 18.1 Å². The summed E-state index contributed by atoms with van der Waals surface area (Å²) in [6.45, 7) is -0.449. The van der Waals surface area contributed by atoms with E-state index in [1.54, 1.807) is 0 Å². The summed E-state index contributed by atoms with van der Waals surface area (Å²) in [5.74, 6) is -2.08. The lowest BCUT2D eigenvalue weighted by atomic mass is 10.2. The third-order valence-electron chi connectivity index (χ3n) is 3.43. The minimum absolute atomic E-state index is 0.142. The van der Waals surface area contributed by atoms with Gasteiger partial charge in [-0.2, -0.15) is 10.1 Å². The van der Waals surface area contributed by atoms with E-state index < -0.39 is 17.6 Å². The van der Waals surface area contributed by atoms with Crippen LogP contribution in [0.2, 0.25) is 5.02 Å². The summed E-state index contributed by atoms with van der Waals surface area (Å²) in [7, 11) is 0. The van der Waals surface area contributed by atoms with Crippen molar-refractivity contribution in [2.75, 3.05) is 10.6 Å². The molecule has 3 rings (SSSR count). The number of aromatic nitrogens is 4. The van der Waals surface area contributed by atoms with Gasteiger partial charge in [-0.15, -0.1) is 0 Å². The molecule has 3 N–H and O–H groups in total. The van der Waals surface area contributed by atoms with Gasteiger partial charge in [-0.25, -0.2) is 13.8 Å². The molecular formula is C16H13ClF2N6O2. The van der Waals surface area contributed by atoms with Gasteiger partial charge in [0.1, 0.15) is 23.2 Å². The Morgan fingerprint density at radius 1 is 1.26 bits per heavy atom. The molecule has 0 aliphatic heterocycles. The van der Waals surface area contributed by atoms with Crippen molar-refractivity contribution in [3.8, 4) is 0 Å². The van der Waals surface area contributed by atoms with E-state index in [4.69, 9.17) is 16.7 Å². The summed E-state index contributed by atoms with van der Waals surface area (Å²) in [4.78, 5) is 18.8. The molecule has 1 aromatic carbocycles. The molecule has 0 saturated heterocycles. The predicted octanol–water partition coefficient (Wildman–Crippen LogP) is 3.05. The summed E-state index contributed by atoms with van der Waals surface area (Å²) in [5.41, 5.74) is 0.321. The average molecular weight is 395 g/mol. The van der Waals surface area contributed by atoms with E-state index in [1.165, 1.54) is 29.3 Å². The maximum absolute atomic E-state index is 13.7. The van der Waals surface area contributed by atoms with Crippen LogP contribution in [0.3, 0.4) is 0 Å². The number of benzene rings is 1. The summed E-state index contributed by atoms with van der Waals surface area (Å²) < 4.78 is 28.6. The van der Waals surface area contributed by atoms with E-state index in [0.717, 1.165) is 12.1 Å². The number of nitrogens with zero attached hydrogens (tertiary/aromatic N) is 4. The van der Waals surface area contributed by atoms with Gasteiger partial charge in [0, 0.05) is 18.3 Å². The number of nitrogens with one attached hydrogen (secondary N) is 2. The number of rotatable bonds is 7. The lowest BCUT2D eigenvalue weighted by Crippen LogP contribution is -2.09. The molecule has 140 valence electrons. The van der Waals surface area contributed by atoms with Crippen LogP contribution in [0.15, 0.2) is 36.8 Å². The highest BCUT2D eigenvalue weighted by Gasteiger charge is 2.11. The van der Waals surface area contributed by atoms with Crippen molar-refractivity contribution in [3.63, 3.8) is 0 Å². The Kier molecular flexibility index (Phi) is 5.46. The average Bonchev–Trinajstić information content (AvgIpc) is 3.03. The van der Waals surface area contributed by atoms with Gasteiger partial charge in [-0.3, -0.25) is 9.48 Å². The molecule has 8 nitrogen and oxygen atoms in total. The smallest absolute Gasteiger partial charge is 0.325 e. The monoisotopic (exact) mass is 394 g/mol. The Bertz CT molecular complexity index is 961. The lowest BCUT2D eigenvalue weighted by molar-refractivity contribution is -0.137. The van der Waals surface area contributed by atoms with Crippen LogP contribution in [0.25, 0.3) is 0 Å². The van der Waals surface area contributed by atoms with Crippen molar-refractivity contribution >= 4 is 35.0 Å². The molecule has 0 spiro atoms. The van der Waals surface area contributed by atoms with Gasteiger partial charge in [0.15, 0.2) is 5.82 Å². The first-order valence-corrected chi connectivity index (χ1v) is 8.00. The van der Waals surface area contributed by atoms with E-state index >= 15 is 0 Å². The van der Waals surface area contributed by atoms with Crippen molar-refractivity contribution in [2.45, 2.75) is 13.1 Å². The molecule has 0 fully saturated rings. The summed E-state index contributed by atoms with van der Waals surface area (Å²) >= 11 is 6.02. The van der Waals surface area contributed by atoms with Crippen molar-refractivity contribution in [3.05, 3.63) is 59.0 Å². The Labute approximate surface area is 156 Å². The van der Waals surface area contributed by atoms with Gasteiger partial charge in [0.2, 0.25) is 5.95 Å². The number of anilines is 3. The minimum atomic E-state index is -1.03. The number of aliphatic carboxylic acids is 1. The third-order valence-corrected chi connectivity index (χ3v) is 3.70. The molecule has 27 heavy (non-hydrogen) atoms. The lowest BCUT2D eigenvalue weighted by Gasteiger charge is -2.10. The molecule has 3 aromatic rings. The van der Waals surface area contributed by atoms with Gasteiger partial charge in [-0.05, 0) is 12.1 Å². The molecule has 0 unspecified atom stereocenters. The molecule has 11 heteroatoms. The molecule has 0 atom stereocenters. The first kappa shape index (κ1) is 18.5. The Morgan fingerprint density at radius 2 is 2.00 bits per heavy atom. The van der Waals surface area contributed by atoms with Crippen LogP contribution in [0, 0.1) is 11.6 Å². The zero-order valence-electron chi connectivity index (χ0n) is 13.7. The summed E-state index contributed by atoms with van der Waals surface area (Å²) in [6, 6.07) is 3.59. The van der Waals surface area contributed by atoms with E-state index in [0.29, 0.717) is 5.69 Å². The van der Waals surface area contributed by atoms with Crippen LogP contribution >= 0.6 is 11.6 Å². The molecule has 2 aromatic heterocycles. The minimum Gasteiger partial charge on any atom is -0.480 e. The first-order valence-electron chi connectivity index (χ1n) is 7.63. The Balaban J connectivity index is 1.72.